The summed E-state index contributed by atoms with van der Waals surface area (Å²) in [6.45, 7) is 2.33. The molecule has 4 nitrogen and oxygen atoms in total. The number of rotatable bonds is 2. The zero-order valence-electron chi connectivity index (χ0n) is 10.7. The predicted octanol–water partition coefficient (Wildman–Crippen LogP) is 0.990. The molecule has 18 heavy (non-hydrogen) atoms. The number of piperidine rings is 1. The normalized spacial score (nSPS) is 20.2. The van der Waals surface area contributed by atoms with Gasteiger partial charge in [-0.2, -0.15) is 0 Å². The van der Waals surface area contributed by atoms with Gasteiger partial charge in [-0.05, 0) is 43.7 Å². The number of fused-ring (bicyclic) bond motifs is 1. The molecule has 0 saturated carbocycles. The minimum absolute atomic E-state index is 0.142. The quantitative estimate of drug-likeness (QED) is 0.818. The third kappa shape index (κ3) is 2.10. The predicted molar refractivity (Wildman–Crippen MR) is 71.6 cm³/mol. The van der Waals surface area contributed by atoms with Gasteiger partial charge >= 0.3 is 0 Å². The van der Waals surface area contributed by atoms with Gasteiger partial charge in [0.15, 0.2) is 0 Å². The van der Waals surface area contributed by atoms with E-state index < -0.39 is 0 Å². The van der Waals surface area contributed by atoms with E-state index in [-0.39, 0.29) is 6.10 Å². The van der Waals surface area contributed by atoms with E-state index in [2.05, 4.69) is 11.0 Å². The zero-order chi connectivity index (χ0) is 12.5. The molecular weight excluding hydrogens is 226 g/mol. The average Bonchev–Trinajstić information content (AvgIpc) is 2.85. The summed E-state index contributed by atoms with van der Waals surface area (Å²) in [6, 6.07) is 2.25. The summed E-state index contributed by atoms with van der Waals surface area (Å²) in [5, 5.41) is 9.58. The zero-order valence-corrected chi connectivity index (χ0v) is 10.7. The summed E-state index contributed by atoms with van der Waals surface area (Å²) in [5.41, 5.74) is 9.67. The van der Waals surface area contributed by atoms with Gasteiger partial charge in [0.05, 0.1) is 6.10 Å². The van der Waals surface area contributed by atoms with Crippen LogP contribution in [0.4, 0.5) is 5.82 Å². The smallest absolute Gasteiger partial charge is 0.133 e. The van der Waals surface area contributed by atoms with Gasteiger partial charge in [-0.3, -0.25) is 0 Å². The first kappa shape index (κ1) is 11.9. The summed E-state index contributed by atoms with van der Waals surface area (Å²) >= 11 is 0. The first-order valence-corrected chi connectivity index (χ1v) is 6.92. The van der Waals surface area contributed by atoms with Gasteiger partial charge in [0.2, 0.25) is 0 Å². The number of aliphatic hydroxyl groups is 1. The van der Waals surface area contributed by atoms with E-state index in [1.54, 1.807) is 0 Å². The molecule has 0 radical (unpaired) electrons. The van der Waals surface area contributed by atoms with Crippen LogP contribution in [0, 0.1) is 0 Å². The van der Waals surface area contributed by atoms with Crippen LogP contribution < -0.4 is 10.6 Å². The van der Waals surface area contributed by atoms with Gasteiger partial charge in [0.25, 0.3) is 0 Å². The maximum absolute atomic E-state index is 9.58. The van der Waals surface area contributed by atoms with Crippen LogP contribution in [-0.4, -0.2) is 29.3 Å². The Morgan fingerprint density at radius 2 is 2.11 bits per heavy atom. The van der Waals surface area contributed by atoms with E-state index in [1.807, 2.05) is 0 Å². The SMILES string of the molecule is NCc1cc2c(nc1N1CCC(O)CC1)CCC2. The second kappa shape index (κ2) is 4.86. The maximum Gasteiger partial charge on any atom is 0.133 e. The molecule has 0 bridgehead atoms. The van der Waals surface area contributed by atoms with Crippen molar-refractivity contribution in [1.82, 2.24) is 4.98 Å². The number of hydrogen-bond donors (Lipinski definition) is 2. The molecule has 4 heteroatoms. The Bertz CT molecular complexity index is 439. The lowest BCUT2D eigenvalue weighted by Crippen LogP contribution is -2.37. The molecule has 2 aliphatic rings. The average molecular weight is 247 g/mol. The fourth-order valence-electron chi connectivity index (χ4n) is 3.01. The maximum atomic E-state index is 9.58. The summed E-state index contributed by atoms with van der Waals surface area (Å²) in [7, 11) is 0. The number of anilines is 1. The first-order valence-electron chi connectivity index (χ1n) is 6.92. The Kier molecular flexibility index (Phi) is 3.22. The number of nitrogens with two attached hydrogens (primary N) is 1. The number of aliphatic hydroxyl groups excluding tert-OH is 1. The molecule has 0 aromatic carbocycles. The van der Waals surface area contributed by atoms with Gasteiger partial charge in [-0.15, -0.1) is 0 Å². The number of aromatic nitrogens is 1. The lowest BCUT2D eigenvalue weighted by atomic mass is 10.1. The van der Waals surface area contributed by atoms with Crippen molar-refractivity contribution in [3.05, 3.63) is 22.9 Å². The molecule has 2 heterocycles. The number of nitrogens with zero attached hydrogens (tertiary/aromatic N) is 2. The highest BCUT2D eigenvalue weighted by Crippen LogP contribution is 2.28. The second-order valence-corrected chi connectivity index (χ2v) is 5.35. The summed E-state index contributed by atoms with van der Waals surface area (Å²) < 4.78 is 0. The number of aryl methyl sites for hydroxylation is 2. The molecule has 0 amide bonds. The van der Waals surface area contributed by atoms with Crippen LogP contribution in [0.15, 0.2) is 6.07 Å². The minimum atomic E-state index is -0.142. The minimum Gasteiger partial charge on any atom is -0.393 e. The van der Waals surface area contributed by atoms with E-state index in [0.29, 0.717) is 6.54 Å². The Balaban J connectivity index is 1.90. The third-order valence-corrected chi connectivity index (χ3v) is 4.09. The Morgan fingerprint density at radius 3 is 2.83 bits per heavy atom. The standard InChI is InChI=1S/C14H21N3O/c15-9-11-8-10-2-1-3-13(10)16-14(11)17-6-4-12(18)5-7-17/h8,12,18H,1-7,9,15H2. The highest BCUT2D eigenvalue weighted by molar-refractivity contribution is 5.51. The lowest BCUT2D eigenvalue weighted by Gasteiger charge is -2.32. The molecule has 1 saturated heterocycles. The van der Waals surface area contributed by atoms with E-state index in [9.17, 15) is 5.11 Å². The third-order valence-electron chi connectivity index (χ3n) is 4.09. The molecule has 0 atom stereocenters. The van der Waals surface area contributed by atoms with Crippen LogP contribution in [0.25, 0.3) is 0 Å². The van der Waals surface area contributed by atoms with Gasteiger partial charge < -0.3 is 15.7 Å². The van der Waals surface area contributed by atoms with Crippen molar-refractivity contribution >= 4 is 5.82 Å². The van der Waals surface area contributed by atoms with Gasteiger partial charge in [-0.1, -0.05) is 0 Å². The molecule has 98 valence electrons. The Morgan fingerprint density at radius 1 is 1.33 bits per heavy atom. The summed E-state index contributed by atoms with van der Waals surface area (Å²) in [5.74, 6) is 1.06. The van der Waals surface area contributed by atoms with Gasteiger partial charge in [0, 0.05) is 30.9 Å². The van der Waals surface area contributed by atoms with E-state index in [0.717, 1.165) is 50.2 Å². The molecule has 0 spiro atoms. The monoisotopic (exact) mass is 247 g/mol. The van der Waals surface area contributed by atoms with Crippen LogP contribution in [0.5, 0.6) is 0 Å². The summed E-state index contributed by atoms with van der Waals surface area (Å²) in [4.78, 5) is 7.12. The fourth-order valence-corrected chi connectivity index (χ4v) is 3.01. The fraction of sp³-hybridized carbons (Fsp3) is 0.643. The highest BCUT2D eigenvalue weighted by atomic mass is 16.3. The molecule has 1 aromatic rings. The van der Waals surface area contributed by atoms with Crippen molar-refractivity contribution < 1.29 is 5.11 Å². The molecular formula is C14H21N3O. The molecule has 1 aliphatic heterocycles. The highest BCUT2D eigenvalue weighted by Gasteiger charge is 2.22. The number of pyridine rings is 1. The molecule has 0 unspecified atom stereocenters. The van der Waals surface area contributed by atoms with Crippen molar-refractivity contribution in [2.24, 2.45) is 5.73 Å². The molecule has 1 aromatic heterocycles. The second-order valence-electron chi connectivity index (χ2n) is 5.35. The van der Waals surface area contributed by atoms with Crippen LogP contribution in [-0.2, 0) is 19.4 Å². The topological polar surface area (TPSA) is 62.4 Å². The molecule has 1 aliphatic carbocycles. The van der Waals surface area contributed by atoms with Crippen molar-refractivity contribution in [3.63, 3.8) is 0 Å². The van der Waals surface area contributed by atoms with E-state index >= 15 is 0 Å². The molecule has 3 N–H and O–H groups in total. The van der Waals surface area contributed by atoms with E-state index in [4.69, 9.17) is 10.7 Å². The Hall–Kier alpha value is -1.13. The van der Waals surface area contributed by atoms with Crippen LogP contribution in [0.1, 0.15) is 36.1 Å². The van der Waals surface area contributed by atoms with Crippen LogP contribution >= 0.6 is 0 Å². The molecule has 3 rings (SSSR count). The van der Waals surface area contributed by atoms with E-state index in [1.165, 1.54) is 17.7 Å². The lowest BCUT2D eigenvalue weighted by molar-refractivity contribution is 0.145. The van der Waals surface area contributed by atoms with Gasteiger partial charge in [0.1, 0.15) is 5.82 Å². The van der Waals surface area contributed by atoms with Crippen molar-refractivity contribution in [3.8, 4) is 0 Å². The van der Waals surface area contributed by atoms with Crippen LogP contribution in [0.3, 0.4) is 0 Å². The molecule has 1 fully saturated rings. The largest absolute Gasteiger partial charge is 0.393 e. The number of hydrogen-bond acceptors (Lipinski definition) is 4. The summed E-state index contributed by atoms with van der Waals surface area (Å²) in [6.07, 6.45) is 5.00. The van der Waals surface area contributed by atoms with Crippen molar-refractivity contribution in [2.45, 2.75) is 44.8 Å². The van der Waals surface area contributed by atoms with Crippen molar-refractivity contribution in [2.75, 3.05) is 18.0 Å². The van der Waals surface area contributed by atoms with Crippen molar-refractivity contribution in [1.29, 1.82) is 0 Å². The van der Waals surface area contributed by atoms with Gasteiger partial charge in [-0.25, -0.2) is 4.98 Å². The van der Waals surface area contributed by atoms with Crippen LogP contribution in [0.2, 0.25) is 0 Å². The first-order chi connectivity index (χ1) is 8.78. The Labute approximate surface area is 108 Å².